The Morgan fingerprint density at radius 2 is 1.86 bits per heavy atom. The second kappa shape index (κ2) is 13.2. The van der Waals surface area contributed by atoms with E-state index in [2.05, 4.69) is 15.6 Å². The van der Waals surface area contributed by atoms with Gasteiger partial charge >= 0.3 is 6.09 Å². The number of carbonyl (C=O) groups excluding carboxylic acids is 4. The zero-order chi connectivity index (χ0) is 30.4. The number of rotatable bonds is 3. The third kappa shape index (κ3) is 8.19. The highest BCUT2D eigenvalue weighted by Crippen LogP contribution is 2.29. The molecular formula is C30H40N6O6. The number of alkyl carbamates (subject to hydrolysis) is 1. The molecule has 5 rings (SSSR count). The molecule has 0 radical (unpaired) electrons. The van der Waals surface area contributed by atoms with Gasteiger partial charge in [0.1, 0.15) is 23.7 Å². The van der Waals surface area contributed by atoms with Gasteiger partial charge < -0.3 is 34.8 Å². The summed E-state index contributed by atoms with van der Waals surface area (Å²) in [5.74, 6) is -0.276. The molecule has 226 valence electrons. The van der Waals surface area contributed by atoms with E-state index in [1.807, 2.05) is 0 Å². The minimum Gasteiger partial charge on any atom is -0.489 e. The van der Waals surface area contributed by atoms with Crippen LogP contribution >= 0.6 is 0 Å². The van der Waals surface area contributed by atoms with E-state index in [9.17, 15) is 19.2 Å². The molecule has 1 fully saturated rings. The summed E-state index contributed by atoms with van der Waals surface area (Å²) in [7, 11) is 3.55. The van der Waals surface area contributed by atoms with Crippen LogP contribution in [0.15, 0.2) is 42.6 Å². The summed E-state index contributed by atoms with van der Waals surface area (Å²) in [5.41, 5.74) is 1.18. The first-order valence-corrected chi connectivity index (χ1v) is 14.1. The van der Waals surface area contributed by atoms with Crippen molar-refractivity contribution in [1.82, 2.24) is 30.3 Å². The summed E-state index contributed by atoms with van der Waals surface area (Å²) in [6.07, 6.45) is 1.54. The normalized spacial score (nSPS) is 19.9. The molecule has 2 bridgehead atoms. The minimum absolute atomic E-state index is 0.113. The Kier molecular flexibility index (Phi) is 9.66. The van der Waals surface area contributed by atoms with Crippen molar-refractivity contribution in [2.24, 2.45) is 0 Å². The molecule has 1 aromatic heterocycles. The zero-order valence-electron chi connectivity index (χ0n) is 24.9. The number of ether oxygens (including phenoxy) is 2. The van der Waals surface area contributed by atoms with Crippen LogP contribution in [0.25, 0.3) is 11.3 Å². The van der Waals surface area contributed by atoms with E-state index in [4.69, 9.17) is 9.47 Å². The molecule has 0 unspecified atom stereocenters. The van der Waals surface area contributed by atoms with Gasteiger partial charge in [0.25, 0.3) is 5.91 Å². The molecule has 3 aliphatic heterocycles. The van der Waals surface area contributed by atoms with Gasteiger partial charge in [-0.1, -0.05) is 12.1 Å². The van der Waals surface area contributed by atoms with Crippen LogP contribution in [0.2, 0.25) is 0 Å². The van der Waals surface area contributed by atoms with E-state index >= 15 is 0 Å². The van der Waals surface area contributed by atoms with Gasteiger partial charge in [-0.3, -0.25) is 19.4 Å². The van der Waals surface area contributed by atoms with Gasteiger partial charge in [0.15, 0.2) is 0 Å². The molecule has 3 aliphatic rings. The number of fused-ring (bicyclic) bond motifs is 9. The van der Waals surface area contributed by atoms with Crippen LogP contribution in [0.5, 0.6) is 5.75 Å². The van der Waals surface area contributed by atoms with Crippen molar-refractivity contribution in [2.45, 2.75) is 44.9 Å². The molecule has 4 amide bonds. The molecule has 1 aromatic carbocycles. The standard InChI is InChI=1S/C30H40N6O6/c1-30(2,3)42-29(40)33-22-15-23-19-41-24-7-6-12-31-27(24)20-8-10-21(11-9-20)28(39)32-13-14-35(25(37)17-34(4)5)18-26(38)36(23)16-22/h6-12,22-23H,13-19H2,1-5H3,(H,32,39)(H,33,40)/t22-,23-/m0/s1. The Bertz CT molecular complexity index is 1290. The van der Waals surface area contributed by atoms with Crippen molar-refractivity contribution in [3.05, 3.63) is 48.2 Å². The van der Waals surface area contributed by atoms with E-state index in [1.54, 1.807) is 87.3 Å². The van der Waals surface area contributed by atoms with Gasteiger partial charge in [-0.05, 0) is 65.6 Å². The van der Waals surface area contributed by atoms with Crippen LogP contribution in [0.4, 0.5) is 4.79 Å². The number of amides is 4. The Morgan fingerprint density at radius 3 is 2.55 bits per heavy atom. The molecule has 0 saturated carbocycles. The highest BCUT2D eigenvalue weighted by atomic mass is 16.6. The van der Waals surface area contributed by atoms with Crippen LogP contribution in [0, 0.1) is 0 Å². The molecule has 42 heavy (non-hydrogen) atoms. The van der Waals surface area contributed by atoms with E-state index in [1.165, 1.54) is 4.90 Å². The van der Waals surface area contributed by atoms with Gasteiger partial charge in [0.2, 0.25) is 11.8 Å². The summed E-state index contributed by atoms with van der Waals surface area (Å²) in [6, 6.07) is 9.86. The summed E-state index contributed by atoms with van der Waals surface area (Å²) < 4.78 is 11.7. The van der Waals surface area contributed by atoms with E-state index in [-0.39, 0.29) is 69.1 Å². The molecule has 4 heterocycles. The molecular weight excluding hydrogens is 540 g/mol. The Labute approximate surface area is 246 Å². The van der Waals surface area contributed by atoms with E-state index in [0.717, 1.165) is 5.56 Å². The Balaban J connectivity index is 1.63. The Hall–Kier alpha value is -4.19. The SMILES string of the molecule is CN(C)CC(=O)N1CCNC(=O)c2ccc(cc2)-c2ncccc2OC[C@@H]2C[C@H](NC(=O)OC(C)(C)C)CN2C(=O)C1. The molecule has 12 nitrogen and oxygen atoms in total. The highest BCUT2D eigenvalue weighted by molar-refractivity contribution is 5.94. The predicted molar refractivity (Wildman–Crippen MR) is 156 cm³/mol. The molecule has 12 heteroatoms. The summed E-state index contributed by atoms with van der Waals surface area (Å²) in [5, 5.41) is 5.72. The summed E-state index contributed by atoms with van der Waals surface area (Å²) >= 11 is 0. The monoisotopic (exact) mass is 580 g/mol. The maximum atomic E-state index is 13.7. The number of aromatic nitrogens is 1. The fraction of sp³-hybridized carbons (Fsp3) is 0.500. The predicted octanol–water partition coefficient (Wildman–Crippen LogP) is 1.76. The fourth-order valence-corrected chi connectivity index (χ4v) is 4.97. The lowest BCUT2D eigenvalue weighted by Crippen LogP contribution is -2.50. The van der Waals surface area contributed by atoms with Crippen molar-refractivity contribution >= 4 is 23.8 Å². The quantitative estimate of drug-likeness (QED) is 0.561. The summed E-state index contributed by atoms with van der Waals surface area (Å²) in [6.45, 7) is 6.01. The Morgan fingerprint density at radius 1 is 1.14 bits per heavy atom. The van der Waals surface area contributed by atoms with E-state index in [0.29, 0.717) is 23.4 Å². The third-order valence-corrected chi connectivity index (χ3v) is 6.88. The molecule has 0 spiro atoms. The maximum absolute atomic E-state index is 13.7. The number of pyridine rings is 1. The number of benzene rings is 1. The molecule has 2 aromatic rings. The van der Waals surface area contributed by atoms with Crippen LogP contribution < -0.4 is 15.4 Å². The van der Waals surface area contributed by atoms with Gasteiger partial charge in [0.05, 0.1) is 25.2 Å². The van der Waals surface area contributed by atoms with Crippen LogP contribution in [0.1, 0.15) is 37.6 Å². The van der Waals surface area contributed by atoms with Crippen molar-refractivity contribution in [3.63, 3.8) is 0 Å². The van der Waals surface area contributed by atoms with Gasteiger partial charge in [-0.25, -0.2) is 4.79 Å². The molecule has 2 atom stereocenters. The van der Waals surface area contributed by atoms with Crippen molar-refractivity contribution < 1.29 is 28.7 Å². The minimum atomic E-state index is -0.666. The van der Waals surface area contributed by atoms with Crippen LogP contribution in [-0.4, -0.2) is 115 Å². The first-order chi connectivity index (χ1) is 19.9. The molecule has 0 aliphatic carbocycles. The second-order valence-electron chi connectivity index (χ2n) is 11.8. The number of nitrogens with zero attached hydrogens (tertiary/aromatic N) is 4. The lowest BCUT2D eigenvalue weighted by molar-refractivity contribution is -0.141. The lowest BCUT2D eigenvalue weighted by Gasteiger charge is -2.29. The van der Waals surface area contributed by atoms with Gasteiger partial charge in [-0.15, -0.1) is 0 Å². The van der Waals surface area contributed by atoms with Crippen LogP contribution in [-0.2, 0) is 14.3 Å². The second-order valence-corrected chi connectivity index (χ2v) is 11.8. The van der Waals surface area contributed by atoms with Gasteiger partial charge in [-0.2, -0.15) is 0 Å². The average Bonchev–Trinajstić information content (AvgIpc) is 3.32. The smallest absolute Gasteiger partial charge is 0.407 e. The van der Waals surface area contributed by atoms with Crippen molar-refractivity contribution in [3.8, 4) is 17.0 Å². The first kappa shape index (κ1) is 30.8. The molecule has 1 saturated heterocycles. The highest BCUT2D eigenvalue weighted by Gasteiger charge is 2.38. The average molecular weight is 581 g/mol. The summed E-state index contributed by atoms with van der Waals surface area (Å²) in [4.78, 5) is 61.5. The number of hydrogen-bond donors (Lipinski definition) is 2. The number of carbonyl (C=O) groups is 4. The maximum Gasteiger partial charge on any atom is 0.407 e. The zero-order valence-corrected chi connectivity index (χ0v) is 24.9. The number of hydrogen-bond acceptors (Lipinski definition) is 8. The van der Waals surface area contributed by atoms with Crippen molar-refractivity contribution in [1.29, 1.82) is 0 Å². The number of likely N-dealkylation sites (N-methyl/N-ethyl adjacent to an activating group) is 1. The fourth-order valence-electron chi connectivity index (χ4n) is 4.97. The largest absolute Gasteiger partial charge is 0.489 e. The van der Waals surface area contributed by atoms with Crippen LogP contribution in [0.3, 0.4) is 0 Å². The third-order valence-electron chi connectivity index (χ3n) is 6.88. The number of nitrogens with one attached hydrogen (secondary N) is 2. The topological polar surface area (TPSA) is 133 Å². The van der Waals surface area contributed by atoms with E-state index < -0.39 is 11.7 Å². The first-order valence-electron chi connectivity index (χ1n) is 14.1. The molecule has 2 N–H and O–H groups in total. The lowest BCUT2D eigenvalue weighted by atomic mass is 10.1. The van der Waals surface area contributed by atoms with Crippen molar-refractivity contribution in [2.75, 3.05) is 53.4 Å². The van der Waals surface area contributed by atoms with Gasteiger partial charge in [0, 0.05) is 37.0 Å².